The maximum atomic E-state index is 12.8. The van der Waals surface area contributed by atoms with E-state index in [0.29, 0.717) is 17.8 Å². The number of amides is 1. The maximum absolute atomic E-state index is 12.8. The molecule has 0 bridgehead atoms. The Balaban J connectivity index is 2.01. The molecule has 22 heavy (non-hydrogen) atoms. The van der Waals surface area contributed by atoms with Crippen molar-refractivity contribution in [3.63, 3.8) is 0 Å². The molecule has 2 aliphatic heterocycles. The van der Waals surface area contributed by atoms with E-state index in [2.05, 4.69) is 4.98 Å². The fourth-order valence-electron chi connectivity index (χ4n) is 3.44. The van der Waals surface area contributed by atoms with Crippen molar-refractivity contribution in [2.75, 3.05) is 13.7 Å². The number of aromatic nitrogens is 2. The van der Waals surface area contributed by atoms with Gasteiger partial charge in [-0.3, -0.25) is 9.36 Å². The molecule has 0 aliphatic carbocycles. The van der Waals surface area contributed by atoms with Crippen LogP contribution in [0.15, 0.2) is 30.6 Å². The average molecular weight is 297 g/mol. The number of ether oxygens (including phenoxy) is 1. The Morgan fingerprint density at radius 3 is 3.00 bits per heavy atom. The highest BCUT2D eigenvalue weighted by Gasteiger charge is 2.39. The number of nitrogens with zero attached hydrogens (tertiary/aromatic N) is 3. The van der Waals surface area contributed by atoms with Crippen LogP contribution in [0.25, 0.3) is 5.69 Å². The van der Waals surface area contributed by atoms with Gasteiger partial charge < -0.3 is 9.64 Å². The monoisotopic (exact) mass is 297 g/mol. The van der Waals surface area contributed by atoms with Crippen molar-refractivity contribution in [2.24, 2.45) is 0 Å². The SMILES string of the molecule is COC(=O)c1ncn2c1[C@@H]1CCCN1C(=O)c1ccccc1-2. The molecule has 0 radical (unpaired) electrons. The number of carbonyl (C=O) groups is 2. The van der Waals surface area contributed by atoms with E-state index in [-0.39, 0.29) is 11.9 Å². The van der Waals surface area contributed by atoms with Crippen LogP contribution in [0.4, 0.5) is 0 Å². The van der Waals surface area contributed by atoms with E-state index in [0.717, 1.165) is 24.2 Å². The second-order valence-electron chi connectivity index (χ2n) is 5.51. The van der Waals surface area contributed by atoms with Gasteiger partial charge in [0.25, 0.3) is 5.91 Å². The first kappa shape index (κ1) is 13.1. The van der Waals surface area contributed by atoms with Gasteiger partial charge in [-0.25, -0.2) is 9.78 Å². The smallest absolute Gasteiger partial charge is 0.358 e. The third-order valence-electron chi connectivity index (χ3n) is 4.41. The zero-order chi connectivity index (χ0) is 15.3. The molecule has 2 aromatic rings. The molecule has 1 amide bonds. The van der Waals surface area contributed by atoms with Crippen LogP contribution in [0.3, 0.4) is 0 Å². The molecule has 6 nitrogen and oxygen atoms in total. The largest absolute Gasteiger partial charge is 0.464 e. The summed E-state index contributed by atoms with van der Waals surface area (Å²) in [5.41, 5.74) is 2.45. The Bertz CT molecular complexity index is 781. The maximum Gasteiger partial charge on any atom is 0.358 e. The molecule has 6 heteroatoms. The van der Waals surface area contributed by atoms with Gasteiger partial charge in [0.1, 0.15) is 6.33 Å². The first-order chi connectivity index (χ1) is 10.7. The molecule has 3 heterocycles. The quantitative estimate of drug-likeness (QED) is 0.755. The Labute approximate surface area is 127 Å². The van der Waals surface area contributed by atoms with Gasteiger partial charge in [-0.2, -0.15) is 0 Å². The predicted molar refractivity (Wildman–Crippen MR) is 77.9 cm³/mol. The standard InChI is InChI=1S/C16H15N3O3/c1-22-16(21)13-14-12-7-4-8-18(12)15(20)10-5-2-3-6-11(10)19(14)9-17-13/h2-3,5-6,9,12H,4,7-8H2,1H3/t12-/m0/s1. The second-order valence-corrected chi connectivity index (χ2v) is 5.51. The number of para-hydroxylation sites is 1. The number of hydrogen-bond acceptors (Lipinski definition) is 4. The minimum Gasteiger partial charge on any atom is -0.464 e. The Morgan fingerprint density at radius 1 is 1.36 bits per heavy atom. The van der Waals surface area contributed by atoms with Crippen molar-refractivity contribution in [1.82, 2.24) is 14.5 Å². The van der Waals surface area contributed by atoms with Gasteiger partial charge in [0.05, 0.1) is 30.1 Å². The van der Waals surface area contributed by atoms with Crippen LogP contribution in [0.5, 0.6) is 0 Å². The van der Waals surface area contributed by atoms with E-state index in [1.807, 2.05) is 33.7 Å². The number of rotatable bonds is 1. The van der Waals surface area contributed by atoms with Crippen LogP contribution in [-0.4, -0.2) is 40.0 Å². The molecule has 4 rings (SSSR count). The summed E-state index contributed by atoms with van der Waals surface area (Å²) in [7, 11) is 1.34. The van der Waals surface area contributed by atoms with Gasteiger partial charge in [0, 0.05) is 6.54 Å². The van der Waals surface area contributed by atoms with Crippen molar-refractivity contribution in [3.8, 4) is 5.69 Å². The Morgan fingerprint density at radius 2 is 2.18 bits per heavy atom. The van der Waals surface area contributed by atoms with Crippen molar-refractivity contribution in [1.29, 1.82) is 0 Å². The van der Waals surface area contributed by atoms with E-state index in [9.17, 15) is 9.59 Å². The summed E-state index contributed by atoms with van der Waals surface area (Å²) in [6.45, 7) is 0.698. The van der Waals surface area contributed by atoms with Crippen molar-refractivity contribution < 1.29 is 14.3 Å². The highest BCUT2D eigenvalue weighted by molar-refractivity contribution is 5.99. The van der Waals surface area contributed by atoms with E-state index in [1.54, 1.807) is 6.33 Å². The highest BCUT2D eigenvalue weighted by atomic mass is 16.5. The molecule has 1 atom stereocenters. The number of methoxy groups -OCH3 is 1. The fourth-order valence-corrected chi connectivity index (χ4v) is 3.44. The average Bonchev–Trinajstić information content (AvgIpc) is 3.17. The lowest BCUT2D eigenvalue weighted by Gasteiger charge is -2.22. The molecule has 1 saturated heterocycles. The van der Waals surface area contributed by atoms with Crippen molar-refractivity contribution >= 4 is 11.9 Å². The summed E-state index contributed by atoms with van der Waals surface area (Å²) >= 11 is 0. The molecular formula is C16H15N3O3. The number of benzene rings is 1. The number of imidazole rings is 1. The summed E-state index contributed by atoms with van der Waals surface area (Å²) in [4.78, 5) is 30.9. The van der Waals surface area contributed by atoms with E-state index in [4.69, 9.17) is 4.74 Å². The third-order valence-corrected chi connectivity index (χ3v) is 4.41. The van der Waals surface area contributed by atoms with Gasteiger partial charge in [-0.15, -0.1) is 0 Å². The van der Waals surface area contributed by atoms with E-state index in [1.165, 1.54) is 7.11 Å². The fraction of sp³-hybridized carbons (Fsp3) is 0.312. The number of fused-ring (bicyclic) bond motifs is 5. The summed E-state index contributed by atoms with van der Waals surface area (Å²) in [5, 5.41) is 0. The molecule has 0 saturated carbocycles. The summed E-state index contributed by atoms with van der Waals surface area (Å²) in [6.07, 6.45) is 3.36. The lowest BCUT2D eigenvalue weighted by atomic mass is 10.1. The van der Waals surface area contributed by atoms with Gasteiger partial charge in [-0.1, -0.05) is 12.1 Å². The van der Waals surface area contributed by atoms with Crippen LogP contribution in [0.1, 0.15) is 45.4 Å². The molecule has 1 aromatic heterocycles. The van der Waals surface area contributed by atoms with E-state index < -0.39 is 5.97 Å². The van der Waals surface area contributed by atoms with Gasteiger partial charge >= 0.3 is 5.97 Å². The number of carbonyl (C=O) groups excluding carboxylic acids is 2. The summed E-state index contributed by atoms with van der Waals surface area (Å²) in [5.74, 6) is -0.454. The molecule has 0 unspecified atom stereocenters. The molecular weight excluding hydrogens is 282 g/mol. The molecule has 2 aliphatic rings. The lowest BCUT2D eigenvalue weighted by molar-refractivity contribution is 0.0585. The van der Waals surface area contributed by atoms with Gasteiger partial charge in [0.2, 0.25) is 0 Å². The minimum absolute atomic E-state index is 0.0117. The van der Waals surface area contributed by atoms with Crippen LogP contribution in [0.2, 0.25) is 0 Å². The lowest BCUT2D eigenvalue weighted by Crippen LogP contribution is -2.30. The van der Waals surface area contributed by atoms with Crippen molar-refractivity contribution in [2.45, 2.75) is 18.9 Å². The van der Waals surface area contributed by atoms with E-state index >= 15 is 0 Å². The molecule has 0 N–H and O–H groups in total. The predicted octanol–water partition coefficient (Wildman–Crippen LogP) is 1.95. The summed E-state index contributed by atoms with van der Waals surface area (Å²) < 4.78 is 6.70. The minimum atomic E-state index is -0.465. The topological polar surface area (TPSA) is 64.4 Å². The van der Waals surface area contributed by atoms with Gasteiger partial charge in [0.15, 0.2) is 5.69 Å². The molecule has 1 aromatic carbocycles. The third kappa shape index (κ3) is 1.63. The molecule has 1 fully saturated rings. The van der Waals surface area contributed by atoms with Crippen LogP contribution >= 0.6 is 0 Å². The Hall–Kier alpha value is -2.63. The van der Waals surface area contributed by atoms with Crippen LogP contribution < -0.4 is 0 Å². The molecule has 0 spiro atoms. The van der Waals surface area contributed by atoms with Crippen molar-refractivity contribution in [3.05, 3.63) is 47.5 Å². The first-order valence-corrected chi connectivity index (χ1v) is 7.28. The van der Waals surface area contributed by atoms with Crippen LogP contribution in [-0.2, 0) is 4.74 Å². The second kappa shape index (κ2) is 4.69. The normalized spacial score (nSPS) is 19.2. The molecule has 112 valence electrons. The number of esters is 1. The first-order valence-electron chi connectivity index (χ1n) is 7.28. The Kier molecular flexibility index (Phi) is 2.79. The number of hydrogen-bond donors (Lipinski definition) is 0. The van der Waals surface area contributed by atoms with Gasteiger partial charge in [-0.05, 0) is 25.0 Å². The highest BCUT2D eigenvalue weighted by Crippen LogP contribution is 2.39. The zero-order valence-corrected chi connectivity index (χ0v) is 12.2. The summed E-state index contributed by atoms with van der Waals surface area (Å²) in [6, 6.07) is 7.30. The zero-order valence-electron chi connectivity index (χ0n) is 12.2. The van der Waals surface area contributed by atoms with Crippen LogP contribution in [0, 0.1) is 0 Å².